The maximum atomic E-state index is 13.5. The molecule has 2 aliphatic heterocycles. The third-order valence-electron chi connectivity index (χ3n) is 6.09. The van der Waals surface area contributed by atoms with E-state index in [1.165, 1.54) is 0 Å². The molecule has 2 heterocycles. The highest BCUT2D eigenvalue weighted by Crippen LogP contribution is 2.40. The van der Waals surface area contributed by atoms with Crippen LogP contribution in [0.4, 0.5) is 0 Å². The summed E-state index contributed by atoms with van der Waals surface area (Å²) in [6.45, 7) is 7.98. The normalized spacial score (nSPS) is 22.8. The predicted molar refractivity (Wildman–Crippen MR) is 111 cm³/mol. The van der Waals surface area contributed by atoms with Crippen LogP contribution in [0.5, 0.6) is 11.5 Å². The standard InChI is InChI=1S/C22H33N3O4/c1-15(2)21(26)25-13-18(17-12-16(28-4)6-7-20(17)29-5)19(14-25)22(27)24-10-8-23(3)9-11-24/h6-7,12,15,18-19H,8-11,13-14H2,1-5H3. The van der Waals surface area contributed by atoms with Crippen LogP contribution in [0.3, 0.4) is 0 Å². The lowest BCUT2D eigenvalue weighted by Crippen LogP contribution is -2.50. The zero-order chi connectivity index (χ0) is 21.1. The first-order chi connectivity index (χ1) is 13.8. The average Bonchev–Trinajstić information content (AvgIpc) is 3.17. The number of nitrogens with zero attached hydrogens (tertiary/aromatic N) is 3. The van der Waals surface area contributed by atoms with E-state index in [-0.39, 0.29) is 29.6 Å². The molecule has 0 aliphatic carbocycles. The van der Waals surface area contributed by atoms with Gasteiger partial charge in [-0.2, -0.15) is 0 Å². The quantitative estimate of drug-likeness (QED) is 0.749. The van der Waals surface area contributed by atoms with Crippen molar-refractivity contribution in [2.45, 2.75) is 19.8 Å². The maximum Gasteiger partial charge on any atom is 0.228 e. The number of hydrogen-bond acceptors (Lipinski definition) is 5. The molecule has 0 radical (unpaired) electrons. The van der Waals surface area contributed by atoms with Crippen LogP contribution in [0.1, 0.15) is 25.3 Å². The fraction of sp³-hybridized carbons (Fsp3) is 0.636. The van der Waals surface area contributed by atoms with Crippen molar-refractivity contribution in [1.29, 1.82) is 0 Å². The summed E-state index contributed by atoms with van der Waals surface area (Å²) in [5, 5.41) is 0. The number of amides is 2. The summed E-state index contributed by atoms with van der Waals surface area (Å²) in [7, 11) is 5.33. The Kier molecular flexibility index (Phi) is 6.67. The smallest absolute Gasteiger partial charge is 0.228 e. The van der Waals surface area contributed by atoms with Crippen LogP contribution < -0.4 is 9.47 Å². The molecule has 3 rings (SSSR count). The number of hydrogen-bond donors (Lipinski definition) is 0. The van der Waals surface area contributed by atoms with Crippen molar-refractivity contribution in [1.82, 2.24) is 14.7 Å². The van der Waals surface area contributed by atoms with Crippen LogP contribution in [0.25, 0.3) is 0 Å². The Labute approximate surface area is 173 Å². The van der Waals surface area contributed by atoms with Gasteiger partial charge in [-0.25, -0.2) is 0 Å². The lowest BCUT2D eigenvalue weighted by Gasteiger charge is -2.35. The van der Waals surface area contributed by atoms with Gasteiger partial charge in [0.25, 0.3) is 0 Å². The molecule has 0 N–H and O–H groups in total. The summed E-state index contributed by atoms with van der Waals surface area (Å²) < 4.78 is 11.0. The molecule has 7 heteroatoms. The Balaban J connectivity index is 1.93. The van der Waals surface area contributed by atoms with Gasteiger partial charge in [0.15, 0.2) is 0 Å². The number of piperazine rings is 1. The molecule has 2 atom stereocenters. The Bertz CT molecular complexity index is 744. The van der Waals surface area contributed by atoms with E-state index in [4.69, 9.17) is 9.47 Å². The third kappa shape index (κ3) is 4.50. The van der Waals surface area contributed by atoms with Crippen LogP contribution in [0.2, 0.25) is 0 Å². The topological polar surface area (TPSA) is 62.3 Å². The van der Waals surface area contributed by atoms with Gasteiger partial charge >= 0.3 is 0 Å². The molecule has 29 heavy (non-hydrogen) atoms. The molecule has 0 aromatic heterocycles. The van der Waals surface area contributed by atoms with E-state index in [1.807, 2.05) is 41.8 Å². The Hall–Kier alpha value is -2.28. The summed E-state index contributed by atoms with van der Waals surface area (Å²) >= 11 is 0. The minimum atomic E-state index is -0.276. The molecule has 2 unspecified atom stereocenters. The highest BCUT2D eigenvalue weighted by molar-refractivity contribution is 5.84. The number of benzene rings is 1. The SMILES string of the molecule is COc1ccc(OC)c(C2CN(C(=O)C(C)C)CC2C(=O)N2CCN(C)CC2)c1. The average molecular weight is 404 g/mol. The summed E-state index contributed by atoms with van der Waals surface area (Å²) in [6.07, 6.45) is 0. The van der Waals surface area contributed by atoms with Crippen molar-refractivity contribution in [3.63, 3.8) is 0 Å². The van der Waals surface area contributed by atoms with Crippen molar-refractivity contribution in [2.24, 2.45) is 11.8 Å². The van der Waals surface area contributed by atoms with Crippen molar-refractivity contribution in [3.05, 3.63) is 23.8 Å². The van der Waals surface area contributed by atoms with Crippen LogP contribution in [0, 0.1) is 11.8 Å². The van der Waals surface area contributed by atoms with Crippen molar-refractivity contribution in [3.8, 4) is 11.5 Å². The van der Waals surface area contributed by atoms with Crippen molar-refractivity contribution < 1.29 is 19.1 Å². The van der Waals surface area contributed by atoms with Gasteiger partial charge in [-0.05, 0) is 25.2 Å². The van der Waals surface area contributed by atoms with Gasteiger partial charge in [0.2, 0.25) is 11.8 Å². The molecule has 0 bridgehead atoms. The largest absolute Gasteiger partial charge is 0.497 e. The maximum absolute atomic E-state index is 13.5. The molecular weight excluding hydrogens is 370 g/mol. The number of rotatable bonds is 5. The van der Waals surface area contributed by atoms with E-state index in [0.717, 1.165) is 43.2 Å². The monoisotopic (exact) mass is 403 g/mol. The molecule has 2 amide bonds. The predicted octanol–water partition coefficient (Wildman–Crippen LogP) is 1.68. The molecule has 2 fully saturated rings. The van der Waals surface area contributed by atoms with Crippen LogP contribution >= 0.6 is 0 Å². The molecule has 0 spiro atoms. The number of carbonyl (C=O) groups is 2. The molecule has 0 saturated carbocycles. The zero-order valence-electron chi connectivity index (χ0n) is 18.2. The third-order valence-corrected chi connectivity index (χ3v) is 6.09. The molecule has 160 valence electrons. The fourth-order valence-electron chi connectivity index (χ4n) is 4.30. The lowest BCUT2D eigenvalue weighted by molar-refractivity contribution is -0.138. The Morgan fingerprint density at radius 1 is 1.00 bits per heavy atom. The van der Waals surface area contributed by atoms with Gasteiger partial charge in [-0.15, -0.1) is 0 Å². The molecule has 2 saturated heterocycles. The number of likely N-dealkylation sites (tertiary alicyclic amines) is 1. The molecule has 1 aromatic carbocycles. The highest BCUT2D eigenvalue weighted by Gasteiger charge is 2.43. The van der Waals surface area contributed by atoms with E-state index in [2.05, 4.69) is 11.9 Å². The summed E-state index contributed by atoms with van der Waals surface area (Å²) in [4.78, 5) is 32.2. The number of carbonyl (C=O) groups excluding carboxylic acids is 2. The van der Waals surface area contributed by atoms with Gasteiger partial charge < -0.3 is 24.2 Å². The van der Waals surface area contributed by atoms with Gasteiger partial charge in [-0.3, -0.25) is 9.59 Å². The van der Waals surface area contributed by atoms with Crippen LogP contribution in [0.15, 0.2) is 18.2 Å². The summed E-state index contributed by atoms with van der Waals surface area (Å²) in [6, 6.07) is 5.67. The minimum Gasteiger partial charge on any atom is -0.497 e. The van der Waals surface area contributed by atoms with Gasteiger partial charge in [-0.1, -0.05) is 13.8 Å². The second-order valence-electron chi connectivity index (χ2n) is 8.35. The number of methoxy groups -OCH3 is 2. The molecule has 7 nitrogen and oxygen atoms in total. The number of likely N-dealkylation sites (N-methyl/N-ethyl adjacent to an activating group) is 1. The number of ether oxygens (including phenoxy) is 2. The first-order valence-electron chi connectivity index (χ1n) is 10.3. The summed E-state index contributed by atoms with van der Waals surface area (Å²) in [5.41, 5.74) is 0.929. The second kappa shape index (κ2) is 9.03. The highest BCUT2D eigenvalue weighted by atomic mass is 16.5. The first-order valence-corrected chi connectivity index (χ1v) is 10.3. The van der Waals surface area contributed by atoms with Gasteiger partial charge in [0.1, 0.15) is 11.5 Å². The summed E-state index contributed by atoms with van der Waals surface area (Å²) in [5.74, 6) is 1.18. The second-order valence-corrected chi connectivity index (χ2v) is 8.35. The minimum absolute atomic E-state index is 0.0885. The first kappa shape index (κ1) is 21.4. The van der Waals surface area contributed by atoms with E-state index >= 15 is 0 Å². The van der Waals surface area contributed by atoms with E-state index in [0.29, 0.717) is 13.1 Å². The fourth-order valence-corrected chi connectivity index (χ4v) is 4.30. The van der Waals surface area contributed by atoms with E-state index < -0.39 is 0 Å². The van der Waals surface area contributed by atoms with Crippen LogP contribution in [-0.2, 0) is 9.59 Å². The van der Waals surface area contributed by atoms with Gasteiger partial charge in [0.05, 0.1) is 20.1 Å². The lowest BCUT2D eigenvalue weighted by atomic mass is 9.87. The molecule has 2 aliphatic rings. The molecular formula is C22H33N3O4. The Morgan fingerprint density at radius 2 is 1.69 bits per heavy atom. The van der Waals surface area contributed by atoms with Crippen LogP contribution in [-0.4, -0.2) is 87.0 Å². The Morgan fingerprint density at radius 3 is 2.28 bits per heavy atom. The molecule has 1 aromatic rings. The van der Waals surface area contributed by atoms with E-state index in [9.17, 15) is 9.59 Å². The zero-order valence-corrected chi connectivity index (χ0v) is 18.2. The van der Waals surface area contributed by atoms with Crippen molar-refractivity contribution in [2.75, 3.05) is 60.5 Å². The van der Waals surface area contributed by atoms with Crippen molar-refractivity contribution >= 4 is 11.8 Å². The van der Waals surface area contributed by atoms with Gasteiger partial charge in [0, 0.05) is 56.7 Å². The van der Waals surface area contributed by atoms with E-state index in [1.54, 1.807) is 14.2 Å².